The fourth-order valence-electron chi connectivity index (χ4n) is 2.39. The number of carbonyl (C=O) groups excluding carboxylic acids is 1. The lowest BCUT2D eigenvalue weighted by Gasteiger charge is -2.39. The molecule has 0 saturated carbocycles. The zero-order chi connectivity index (χ0) is 14.6. The number of hydrogen-bond acceptors (Lipinski definition) is 3. The van der Waals surface area contributed by atoms with Crippen molar-refractivity contribution >= 4 is 11.6 Å². The Balaban J connectivity index is 1.79. The summed E-state index contributed by atoms with van der Waals surface area (Å²) in [7, 11) is 1.98. The summed E-state index contributed by atoms with van der Waals surface area (Å²) < 4.78 is 12.8. The van der Waals surface area contributed by atoms with Gasteiger partial charge in [-0.2, -0.15) is 0 Å². The lowest BCUT2D eigenvalue weighted by Crippen LogP contribution is -2.51. The van der Waals surface area contributed by atoms with E-state index >= 15 is 0 Å². The maximum absolute atomic E-state index is 12.8. The highest BCUT2D eigenvalue weighted by molar-refractivity contribution is 5.92. The Morgan fingerprint density at radius 3 is 2.45 bits per heavy atom. The molecule has 1 aromatic carbocycles. The Bertz CT molecular complexity index is 453. The fraction of sp³-hybridized carbons (Fsp3) is 0.533. The second-order valence-corrected chi connectivity index (χ2v) is 5.64. The van der Waals surface area contributed by atoms with E-state index in [9.17, 15) is 9.18 Å². The molecule has 1 fully saturated rings. The van der Waals surface area contributed by atoms with Crippen molar-refractivity contribution in [1.29, 1.82) is 0 Å². The van der Waals surface area contributed by atoms with E-state index in [1.54, 1.807) is 12.1 Å². The van der Waals surface area contributed by atoms with E-state index in [1.807, 2.05) is 7.05 Å². The molecule has 0 radical (unpaired) electrons. The Labute approximate surface area is 119 Å². The quantitative estimate of drug-likeness (QED) is 0.884. The molecule has 0 aromatic heterocycles. The molecule has 1 amide bonds. The zero-order valence-corrected chi connectivity index (χ0v) is 12.1. The van der Waals surface area contributed by atoms with E-state index in [0.29, 0.717) is 12.2 Å². The summed E-state index contributed by atoms with van der Waals surface area (Å²) in [5.74, 6) is -0.352. The molecule has 4 nitrogen and oxygen atoms in total. The Hall–Kier alpha value is -1.46. The summed E-state index contributed by atoms with van der Waals surface area (Å²) in [6.45, 7) is 4.42. The number of carbonyl (C=O) groups is 1. The minimum atomic E-state index is -0.301. The molecule has 5 heteroatoms. The van der Waals surface area contributed by atoms with Crippen molar-refractivity contribution in [2.24, 2.45) is 0 Å². The number of benzene rings is 1. The maximum Gasteiger partial charge on any atom is 0.238 e. The molecule has 2 N–H and O–H groups in total. The Kier molecular flexibility index (Phi) is 4.73. The van der Waals surface area contributed by atoms with Crippen LogP contribution in [0.15, 0.2) is 24.3 Å². The first-order valence-electron chi connectivity index (χ1n) is 6.97. The number of hydrogen-bond donors (Lipinski definition) is 2. The summed E-state index contributed by atoms with van der Waals surface area (Å²) in [5.41, 5.74) is 0.817. The molecule has 0 bridgehead atoms. The summed E-state index contributed by atoms with van der Waals surface area (Å²) in [5, 5.41) is 6.12. The van der Waals surface area contributed by atoms with Crippen molar-refractivity contribution in [1.82, 2.24) is 10.2 Å². The first-order chi connectivity index (χ1) is 9.50. The number of amides is 1. The molecular formula is C15H22FN3O. The van der Waals surface area contributed by atoms with E-state index in [2.05, 4.69) is 22.5 Å². The average molecular weight is 279 g/mol. The fourth-order valence-corrected chi connectivity index (χ4v) is 2.39. The van der Waals surface area contributed by atoms with Gasteiger partial charge in [0, 0.05) is 24.3 Å². The van der Waals surface area contributed by atoms with Crippen LogP contribution in [0.1, 0.15) is 19.8 Å². The molecule has 1 aliphatic heterocycles. The van der Waals surface area contributed by atoms with Gasteiger partial charge in [-0.05, 0) is 51.1 Å². The van der Waals surface area contributed by atoms with Gasteiger partial charge in [0.1, 0.15) is 5.82 Å². The third-order valence-electron chi connectivity index (χ3n) is 4.06. The number of rotatable bonds is 4. The molecular weight excluding hydrogens is 257 g/mol. The van der Waals surface area contributed by atoms with Crippen LogP contribution in [0.4, 0.5) is 10.1 Å². The van der Waals surface area contributed by atoms with Crippen LogP contribution in [-0.2, 0) is 4.79 Å². The number of likely N-dealkylation sites (tertiary alicyclic amines) is 1. The summed E-state index contributed by atoms with van der Waals surface area (Å²) >= 11 is 0. The van der Waals surface area contributed by atoms with Gasteiger partial charge in [-0.25, -0.2) is 4.39 Å². The van der Waals surface area contributed by atoms with Crippen molar-refractivity contribution in [2.75, 3.05) is 32.0 Å². The molecule has 0 aliphatic carbocycles. The predicted molar refractivity (Wildman–Crippen MR) is 78.2 cm³/mol. The lowest BCUT2D eigenvalue weighted by atomic mass is 9.90. The van der Waals surface area contributed by atoms with Crippen LogP contribution in [0.25, 0.3) is 0 Å². The van der Waals surface area contributed by atoms with Gasteiger partial charge in [-0.3, -0.25) is 9.69 Å². The third kappa shape index (κ3) is 4.02. The number of nitrogens with one attached hydrogen (secondary N) is 2. The van der Waals surface area contributed by atoms with Crippen LogP contribution in [0.3, 0.4) is 0 Å². The van der Waals surface area contributed by atoms with Gasteiger partial charge in [0.05, 0.1) is 6.54 Å². The molecule has 1 aromatic rings. The summed E-state index contributed by atoms with van der Waals surface area (Å²) in [4.78, 5) is 14.1. The minimum Gasteiger partial charge on any atom is -0.325 e. The van der Waals surface area contributed by atoms with Gasteiger partial charge < -0.3 is 10.6 Å². The number of halogens is 1. The molecule has 20 heavy (non-hydrogen) atoms. The van der Waals surface area contributed by atoms with Crippen molar-refractivity contribution in [2.45, 2.75) is 25.3 Å². The summed E-state index contributed by atoms with van der Waals surface area (Å²) in [6, 6.07) is 5.83. The normalized spacial score (nSPS) is 18.8. The highest BCUT2D eigenvalue weighted by Crippen LogP contribution is 2.20. The van der Waals surface area contributed by atoms with Gasteiger partial charge in [0.2, 0.25) is 5.91 Å². The van der Waals surface area contributed by atoms with Crippen molar-refractivity contribution < 1.29 is 9.18 Å². The molecule has 2 rings (SSSR count). The van der Waals surface area contributed by atoms with Gasteiger partial charge in [0.15, 0.2) is 0 Å². The van der Waals surface area contributed by atoms with Gasteiger partial charge >= 0.3 is 0 Å². The van der Waals surface area contributed by atoms with Crippen LogP contribution in [0.2, 0.25) is 0 Å². The first kappa shape index (κ1) is 14.9. The number of piperidine rings is 1. The van der Waals surface area contributed by atoms with Gasteiger partial charge in [-0.1, -0.05) is 0 Å². The van der Waals surface area contributed by atoms with Crippen molar-refractivity contribution in [3.63, 3.8) is 0 Å². The molecule has 1 heterocycles. The molecule has 110 valence electrons. The monoisotopic (exact) mass is 279 g/mol. The standard InChI is InChI=1S/C15H22FN3O/c1-15(17-2)7-9-19(10-8-15)11-14(20)18-13-5-3-12(16)4-6-13/h3-6,17H,7-11H2,1-2H3,(H,18,20). The second-order valence-electron chi connectivity index (χ2n) is 5.64. The van der Waals surface area contributed by atoms with E-state index in [4.69, 9.17) is 0 Å². The molecule has 0 atom stereocenters. The van der Waals surface area contributed by atoms with Gasteiger partial charge in [-0.15, -0.1) is 0 Å². The third-order valence-corrected chi connectivity index (χ3v) is 4.06. The zero-order valence-electron chi connectivity index (χ0n) is 12.1. The van der Waals surface area contributed by atoms with Crippen LogP contribution < -0.4 is 10.6 Å². The van der Waals surface area contributed by atoms with E-state index in [1.165, 1.54) is 12.1 Å². The van der Waals surface area contributed by atoms with E-state index in [0.717, 1.165) is 25.9 Å². The largest absolute Gasteiger partial charge is 0.325 e. The van der Waals surface area contributed by atoms with Gasteiger partial charge in [0.25, 0.3) is 0 Å². The Morgan fingerprint density at radius 2 is 1.90 bits per heavy atom. The molecule has 1 saturated heterocycles. The second kappa shape index (κ2) is 6.33. The van der Waals surface area contributed by atoms with Crippen LogP contribution in [0.5, 0.6) is 0 Å². The van der Waals surface area contributed by atoms with Crippen LogP contribution >= 0.6 is 0 Å². The number of anilines is 1. The highest BCUT2D eigenvalue weighted by Gasteiger charge is 2.28. The van der Waals surface area contributed by atoms with Crippen LogP contribution in [0, 0.1) is 5.82 Å². The lowest BCUT2D eigenvalue weighted by molar-refractivity contribution is -0.117. The SMILES string of the molecule is CNC1(C)CCN(CC(=O)Nc2ccc(F)cc2)CC1. The average Bonchev–Trinajstić information content (AvgIpc) is 2.44. The molecule has 0 unspecified atom stereocenters. The number of nitrogens with zero attached hydrogens (tertiary/aromatic N) is 1. The molecule has 1 aliphatic rings. The maximum atomic E-state index is 12.8. The smallest absolute Gasteiger partial charge is 0.238 e. The highest BCUT2D eigenvalue weighted by atomic mass is 19.1. The minimum absolute atomic E-state index is 0.0512. The van der Waals surface area contributed by atoms with E-state index in [-0.39, 0.29) is 17.3 Å². The predicted octanol–water partition coefficient (Wildman–Crippen LogP) is 1.84. The van der Waals surface area contributed by atoms with E-state index < -0.39 is 0 Å². The molecule has 0 spiro atoms. The summed E-state index contributed by atoms with van der Waals surface area (Å²) in [6.07, 6.45) is 2.07. The topological polar surface area (TPSA) is 44.4 Å². The van der Waals surface area contributed by atoms with Crippen LogP contribution in [-0.4, -0.2) is 43.0 Å². The van der Waals surface area contributed by atoms with Crippen molar-refractivity contribution in [3.05, 3.63) is 30.1 Å². The first-order valence-corrected chi connectivity index (χ1v) is 6.97. The van der Waals surface area contributed by atoms with Crippen molar-refractivity contribution in [3.8, 4) is 0 Å². The Morgan fingerprint density at radius 1 is 1.30 bits per heavy atom.